The van der Waals surface area contributed by atoms with Crippen molar-refractivity contribution in [2.24, 2.45) is 5.41 Å². The molecule has 8 nitrogen and oxygen atoms in total. The molecule has 2 saturated heterocycles. The van der Waals surface area contributed by atoms with Gasteiger partial charge < -0.3 is 14.3 Å². The molecule has 1 atom stereocenters. The minimum atomic E-state index is -0.301. The molecule has 0 radical (unpaired) electrons. The number of rotatable bonds is 4. The summed E-state index contributed by atoms with van der Waals surface area (Å²) >= 11 is 0. The lowest BCUT2D eigenvalue weighted by Gasteiger charge is -2.39. The van der Waals surface area contributed by atoms with Gasteiger partial charge in [0.05, 0.1) is 12.2 Å². The van der Waals surface area contributed by atoms with Crippen molar-refractivity contribution in [2.45, 2.75) is 52.6 Å². The molecule has 2 aliphatic rings. The number of amides is 2. The molecule has 8 heteroatoms. The van der Waals surface area contributed by atoms with Crippen LogP contribution in [0.3, 0.4) is 0 Å². The molecule has 0 N–H and O–H groups in total. The summed E-state index contributed by atoms with van der Waals surface area (Å²) in [5.74, 6) is 1.06. The van der Waals surface area contributed by atoms with E-state index in [0.717, 1.165) is 36.4 Å². The zero-order chi connectivity index (χ0) is 19.9. The maximum atomic E-state index is 12.8. The summed E-state index contributed by atoms with van der Waals surface area (Å²) in [5, 5.41) is 8.17. The first kappa shape index (κ1) is 18.7. The molecule has 2 amide bonds. The molecule has 0 unspecified atom stereocenters. The summed E-state index contributed by atoms with van der Waals surface area (Å²) in [6.45, 7) is 8.36. The average molecular weight is 385 g/mol. The second-order valence-electron chi connectivity index (χ2n) is 8.22. The molecule has 150 valence electrons. The van der Waals surface area contributed by atoms with Gasteiger partial charge in [-0.2, -0.15) is 5.10 Å². The first-order valence-electron chi connectivity index (χ1n) is 9.86. The van der Waals surface area contributed by atoms with E-state index in [2.05, 4.69) is 10.3 Å². The Kier molecular flexibility index (Phi) is 4.72. The number of aryl methyl sites for hydroxylation is 2. The van der Waals surface area contributed by atoms with Crippen LogP contribution in [0.25, 0.3) is 0 Å². The molecular weight excluding hydrogens is 358 g/mol. The number of carbonyl (C=O) groups excluding carboxylic acids is 2. The fourth-order valence-electron chi connectivity index (χ4n) is 4.47. The highest BCUT2D eigenvalue weighted by Gasteiger charge is 2.46. The van der Waals surface area contributed by atoms with Gasteiger partial charge in [0.25, 0.3) is 0 Å². The van der Waals surface area contributed by atoms with Crippen LogP contribution in [0.1, 0.15) is 49.2 Å². The average Bonchev–Trinajstić information content (AvgIpc) is 3.39. The number of nitrogens with zero attached hydrogens (tertiary/aromatic N) is 5. The van der Waals surface area contributed by atoms with E-state index in [0.29, 0.717) is 26.1 Å². The lowest BCUT2D eigenvalue weighted by molar-refractivity contribution is -0.136. The van der Waals surface area contributed by atoms with Crippen LogP contribution >= 0.6 is 0 Å². The van der Waals surface area contributed by atoms with E-state index in [1.54, 1.807) is 10.9 Å². The third kappa shape index (κ3) is 3.31. The van der Waals surface area contributed by atoms with Crippen LogP contribution in [0.4, 0.5) is 0 Å². The molecule has 2 aromatic rings. The molecule has 2 fully saturated rings. The van der Waals surface area contributed by atoms with E-state index >= 15 is 0 Å². The predicted octanol–water partition coefficient (Wildman–Crippen LogP) is 2.09. The minimum absolute atomic E-state index is 0.0260. The van der Waals surface area contributed by atoms with E-state index in [-0.39, 0.29) is 23.3 Å². The van der Waals surface area contributed by atoms with Crippen LogP contribution < -0.4 is 0 Å². The Bertz CT molecular complexity index is 845. The maximum absolute atomic E-state index is 12.8. The third-order valence-electron chi connectivity index (χ3n) is 6.35. The summed E-state index contributed by atoms with van der Waals surface area (Å²) in [6.07, 6.45) is 5.78. The van der Waals surface area contributed by atoms with Gasteiger partial charge in [-0.15, -0.1) is 0 Å². The van der Waals surface area contributed by atoms with Crippen molar-refractivity contribution >= 4 is 11.8 Å². The molecule has 0 aromatic carbocycles. The molecule has 0 bridgehead atoms. The Morgan fingerprint density at radius 2 is 2.07 bits per heavy atom. The molecule has 4 heterocycles. The Balaban J connectivity index is 1.38. The van der Waals surface area contributed by atoms with Gasteiger partial charge in [0.2, 0.25) is 11.8 Å². The van der Waals surface area contributed by atoms with Gasteiger partial charge in [0.1, 0.15) is 11.8 Å². The van der Waals surface area contributed by atoms with Crippen molar-refractivity contribution in [1.82, 2.24) is 24.7 Å². The van der Waals surface area contributed by atoms with Gasteiger partial charge in [-0.3, -0.25) is 14.3 Å². The summed E-state index contributed by atoms with van der Waals surface area (Å²) in [7, 11) is 0. The largest absolute Gasteiger partial charge is 0.361 e. The summed E-state index contributed by atoms with van der Waals surface area (Å²) < 4.78 is 6.92. The number of hydrogen-bond acceptors (Lipinski definition) is 5. The quantitative estimate of drug-likeness (QED) is 0.805. The smallest absolute Gasteiger partial charge is 0.247 e. The van der Waals surface area contributed by atoms with Crippen molar-refractivity contribution in [1.29, 1.82) is 0 Å². The Morgan fingerprint density at radius 3 is 2.68 bits per heavy atom. The third-order valence-corrected chi connectivity index (χ3v) is 6.35. The monoisotopic (exact) mass is 385 g/mol. The number of carbonyl (C=O) groups is 2. The Labute approximate surface area is 164 Å². The van der Waals surface area contributed by atoms with Crippen molar-refractivity contribution in [2.75, 3.05) is 19.6 Å². The van der Waals surface area contributed by atoms with Gasteiger partial charge in [0.15, 0.2) is 0 Å². The molecular formula is C20H27N5O3. The van der Waals surface area contributed by atoms with Crippen LogP contribution in [0.2, 0.25) is 0 Å². The van der Waals surface area contributed by atoms with Crippen LogP contribution in [0.15, 0.2) is 23.0 Å². The Hall–Kier alpha value is -2.64. The highest BCUT2D eigenvalue weighted by atomic mass is 16.5. The molecule has 0 saturated carbocycles. The van der Waals surface area contributed by atoms with Crippen LogP contribution in [-0.4, -0.2) is 56.2 Å². The fraction of sp³-hybridized carbons (Fsp3) is 0.600. The zero-order valence-corrected chi connectivity index (χ0v) is 16.7. The van der Waals surface area contributed by atoms with E-state index in [9.17, 15) is 9.59 Å². The minimum Gasteiger partial charge on any atom is -0.361 e. The highest BCUT2D eigenvalue weighted by Crippen LogP contribution is 2.42. The zero-order valence-electron chi connectivity index (χ0n) is 16.7. The van der Waals surface area contributed by atoms with Crippen molar-refractivity contribution in [3.63, 3.8) is 0 Å². The first-order valence-corrected chi connectivity index (χ1v) is 9.86. The van der Waals surface area contributed by atoms with E-state index in [4.69, 9.17) is 4.52 Å². The molecule has 2 aliphatic heterocycles. The molecule has 4 rings (SSSR count). The highest BCUT2D eigenvalue weighted by molar-refractivity contribution is 5.81. The van der Waals surface area contributed by atoms with Crippen molar-refractivity contribution < 1.29 is 14.1 Å². The van der Waals surface area contributed by atoms with Crippen molar-refractivity contribution in [3.05, 3.63) is 35.5 Å². The van der Waals surface area contributed by atoms with Gasteiger partial charge in [-0.1, -0.05) is 5.16 Å². The predicted molar refractivity (Wildman–Crippen MR) is 101 cm³/mol. The summed E-state index contributed by atoms with van der Waals surface area (Å²) in [5.41, 5.74) is 1.83. The van der Waals surface area contributed by atoms with Gasteiger partial charge in [-0.05, 0) is 39.7 Å². The van der Waals surface area contributed by atoms with E-state index < -0.39 is 0 Å². The molecule has 0 aliphatic carbocycles. The first-order chi connectivity index (χ1) is 13.4. The normalized spacial score (nSPS) is 20.2. The van der Waals surface area contributed by atoms with E-state index in [1.807, 2.05) is 42.8 Å². The fourth-order valence-corrected chi connectivity index (χ4v) is 4.47. The number of piperidine rings is 1. The SMILES string of the molecule is Cc1noc(C)c1CN1CC2(CCN(C(=O)[C@H](C)n3cccn3)CC2)CC1=O. The number of likely N-dealkylation sites (tertiary alicyclic amines) is 2. The topological polar surface area (TPSA) is 84.5 Å². The van der Waals surface area contributed by atoms with Gasteiger partial charge in [-0.25, -0.2) is 0 Å². The summed E-state index contributed by atoms with van der Waals surface area (Å²) in [6, 6.07) is 1.53. The lowest BCUT2D eigenvalue weighted by Crippen LogP contribution is -2.46. The van der Waals surface area contributed by atoms with E-state index in [1.165, 1.54) is 0 Å². The second kappa shape index (κ2) is 7.07. The Morgan fingerprint density at radius 1 is 1.32 bits per heavy atom. The summed E-state index contributed by atoms with van der Waals surface area (Å²) in [4.78, 5) is 29.3. The molecule has 1 spiro atoms. The molecule has 28 heavy (non-hydrogen) atoms. The maximum Gasteiger partial charge on any atom is 0.247 e. The number of aromatic nitrogens is 3. The second-order valence-corrected chi connectivity index (χ2v) is 8.22. The van der Waals surface area contributed by atoms with Gasteiger partial charge in [0, 0.05) is 49.4 Å². The number of hydrogen-bond donors (Lipinski definition) is 0. The van der Waals surface area contributed by atoms with Crippen LogP contribution in [-0.2, 0) is 16.1 Å². The molecule has 2 aromatic heterocycles. The van der Waals surface area contributed by atoms with Gasteiger partial charge >= 0.3 is 0 Å². The van der Waals surface area contributed by atoms with Crippen molar-refractivity contribution in [3.8, 4) is 0 Å². The van der Waals surface area contributed by atoms with Crippen LogP contribution in [0, 0.1) is 19.3 Å². The van der Waals surface area contributed by atoms with Crippen LogP contribution in [0.5, 0.6) is 0 Å². The lowest BCUT2D eigenvalue weighted by atomic mass is 9.77. The standard InChI is InChI=1S/C20H27N5O3/c1-14-17(16(3)28-22-14)12-24-13-20(11-18(24)26)5-9-23(10-6-20)19(27)15(2)25-8-4-7-21-25/h4,7-8,15H,5-6,9-13H2,1-3H3/t15-/m0/s1.